The molecule has 0 atom stereocenters. The van der Waals surface area contributed by atoms with Gasteiger partial charge in [0.15, 0.2) is 0 Å². The van der Waals surface area contributed by atoms with Gasteiger partial charge in [0, 0.05) is 24.3 Å². The zero-order chi connectivity index (χ0) is 22.8. The van der Waals surface area contributed by atoms with E-state index in [9.17, 15) is 22.4 Å². The van der Waals surface area contributed by atoms with E-state index in [1.165, 1.54) is 36.1 Å². The maximum Gasteiger partial charge on any atom is 0.483 e. The number of amides is 1. The van der Waals surface area contributed by atoms with Gasteiger partial charge in [0.2, 0.25) is 0 Å². The smallest absolute Gasteiger partial charge is 0.423 e. The fourth-order valence-corrected chi connectivity index (χ4v) is 3.34. The van der Waals surface area contributed by atoms with Crippen molar-refractivity contribution in [3.05, 3.63) is 76.3 Å². The molecule has 0 unspecified atom stereocenters. The lowest BCUT2D eigenvalue weighted by Crippen LogP contribution is -2.40. The summed E-state index contributed by atoms with van der Waals surface area (Å²) < 4.78 is 57.3. The molecule has 2 aromatic carbocycles. The monoisotopic (exact) mass is 436 g/mol. The van der Waals surface area contributed by atoms with Crippen LogP contribution in [0.15, 0.2) is 47.9 Å². The zero-order valence-corrected chi connectivity index (χ0v) is 16.7. The molecule has 1 aliphatic heterocycles. The summed E-state index contributed by atoms with van der Waals surface area (Å²) in [7, 11) is -1.62. The predicted octanol–water partition coefficient (Wildman–Crippen LogP) is 3.26. The lowest BCUT2D eigenvalue weighted by molar-refractivity contribution is -0.0388. The van der Waals surface area contributed by atoms with Crippen LogP contribution in [0.2, 0.25) is 0 Å². The largest absolute Gasteiger partial charge is 0.483 e. The lowest BCUT2D eigenvalue weighted by Gasteiger charge is -2.30. The maximum atomic E-state index is 14.9. The maximum absolute atomic E-state index is 14.9. The van der Waals surface area contributed by atoms with Crippen LogP contribution < -0.4 is 5.32 Å². The quantitative estimate of drug-likeness (QED) is 0.480. The zero-order valence-electron chi connectivity index (χ0n) is 16.7. The topological polar surface area (TPSA) is 72.8 Å². The molecule has 0 aliphatic carbocycles. The molecule has 3 rings (SSSR count). The Bertz CT molecular complexity index is 1010. The normalized spacial score (nSPS) is 14.9. The summed E-state index contributed by atoms with van der Waals surface area (Å²) in [5, 5.41) is 20.8. The molecular weight excluding hydrogens is 415 g/mol. The van der Waals surface area contributed by atoms with E-state index in [1.54, 1.807) is 0 Å². The molecule has 3 N–H and O–H groups in total. The Hall–Kier alpha value is -2.69. The van der Waals surface area contributed by atoms with Gasteiger partial charge < -0.3 is 15.4 Å². The van der Waals surface area contributed by atoms with Gasteiger partial charge in [-0.25, -0.2) is 8.78 Å². The minimum Gasteiger partial charge on any atom is -0.423 e. The van der Waals surface area contributed by atoms with E-state index >= 15 is 0 Å². The van der Waals surface area contributed by atoms with E-state index in [-0.39, 0.29) is 30.8 Å². The van der Waals surface area contributed by atoms with Crippen molar-refractivity contribution in [1.82, 2.24) is 4.90 Å². The SMILES string of the molecule is Cc1cc(NC(=O)c2ccc(F)c(C(F)(F)CN3CC=C(B(O)O)CC3)c2)ccc1F. The molecule has 1 amide bonds. The van der Waals surface area contributed by atoms with Gasteiger partial charge in [-0.2, -0.15) is 8.78 Å². The standard InChI is InChI=1S/C21H21BF4N2O3/c1-13-10-16(3-5-18(13)23)27-20(29)14-2-4-19(24)17(11-14)21(25,26)12-28-8-6-15(7-9-28)22(30)31/h2-6,10-11,30-31H,7-9,12H2,1H3,(H,27,29). The number of carbonyl (C=O) groups is 1. The van der Waals surface area contributed by atoms with E-state index in [2.05, 4.69) is 5.32 Å². The number of carbonyl (C=O) groups excluding carboxylic acids is 1. The number of nitrogens with one attached hydrogen (secondary N) is 1. The average Bonchev–Trinajstić information content (AvgIpc) is 2.71. The summed E-state index contributed by atoms with van der Waals surface area (Å²) in [6, 6.07) is 6.62. The first-order chi connectivity index (χ1) is 14.6. The van der Waals surface area contributed by atoms with Crippen molar-refractivity contribution in [1.29, 1.82) is 0 Å². The Balaban J connectivity index is 1.76. The van der Waals surface area contributed by atoms with Crippen molar-refractivity contribution in [2.75, 3.05) is 25.0 Å². The molecule has 164 valence electrons. The highest BCUT2D eigenvalue weighted by molar-refractivity contribution is 6.50. The summed E-state index contributed by atoms with van der Waals surface area (Å²) in [5.41, 5.74) is -0.143. The summed E-state index contributed by atoms with van der Waals surface area (Å²) in [6.45, 7) is 0.942. The number of hydrogen-bond donors (Lipinski definition) is 3. The molecule has 2 aromatic rings. The van der Waals surface area contributed by atoms with Crippen LogP contribution in [0.4, 0.5) is 23.2 Å². The summed E-state index contributed by atoms with van der Waals surface area (Å²) in [5.74, 6) is -5.91. The van der Waals surface area contributed by atoms with Crippen LogP contribution >= 0.6 is 0 Å². The van der Waals surface area contributed by atoms with E-state index in [0.717, 1.165) is 18.2 Å². The number of nitrogens with zero attached hydrogens (tertiary/aromatic N) is 1. The number of rotatable bonds is 6. The molecule has 5 nitrogen and oxygen atoms in total. The van der Waals surface area contributed by atoms with Gasteiger partial charge in [-0.15, -0.1) is 0 Å². The Morgan fingerprint density at radius 3 is 2.48 bits per heavy atom. The van der Waals surface area contributed by atoms with Gasteiger partial charge in [-0.05, 0) is 60.8 Å². The van der Waals surface area contributed by atoms with Crippen LogP contribution in [0.5, 0.6) is 0 Å². The van der Waals surface area contributed by atoms with Crippen LogP contribution in [0.3, 0.4) is 0 Å². The van der Waals surface area contributed by atoms with Gasteiger partial charge in [0.25, 0.3) is 11.8 Å². The first-order valence-electron chi connectivity index (χ1n) is 9.59. The van der Waals surface area contributed by atoms with Crippen molar-refractivity contribution >= 4 is 18.7 Å². The molecular formula is C21H21BF4N2O3. The molecule has 1 aliphatic rings. The molecule has 0 saturated heterocycles. The van der Waals surface area contributed by atoms with Gasteiger partial charge in [-0.1, -0.05) is 6.08 Å². The predicted molar refractivity (Wildman–Crippen MR) is 109 cm³/mol. The number of benzene rings is 2. The fourth-order valence-electron chi connectivity index (χ4n) is 3.34. The van der Waals surface area contributed by atoms with Crippen molar-refractivity contribution in [2.24, 2.45) is 0 Å². The molecule has 0 fully saturated rings. The third kappa shape index (κ3) is 5.52. The molecule has 1 heterocycles. The van der Waals surface area contributed by atoms with Crippen LogP contribution in [-0.2, 0) is 5.92 Å². The third-order valence-electron chi connectivity index (χ3n) is 5.12. The van der Waals surface area contributed by atoms with Gasteiger partial charge in [0.1, 0.15) is 11.6 Å². The van der Waals surface area contributed by atoms with Gasteiger partial charge in [0.05, 0.1) is 12.1 Å². The first-order valence-corrected chi connectivity index (χ1v) is 9.59. The number of alkyl halides is 2. The van der Waals surface area contributed by atoms with Gasteiger partial charge >= 0.3 is 7.12 Å². The number of anilines is 1. The summed E-state index contributed by atoms with van der Waals surface area (Å²) in [6.07, 6.45) is 1.66. The Morgan fingerprint density at radius 2 is 1.87 bits per heavy atom. The van der Waals surface area contributed by atoms with E-state index < -0.39 is 42.7 Å². The third-order valence-corrected chi connectivity index (χ3v) is 5.12. The van der Waals surface area contributed by atoms with Crippen LogP contribution in [0.25, 0.3) is 0 Å². The highest BCUT2D eigenvalue weighted by Gasteiger charge is 2.38. The average molecular weight is 436 g/mol. The van der Waals surface area contributed by atoms with Crippen molar-refractivity contribution in [3.8, 4) is 0 Å². The molecule has 0 aromatic heterocycles. The van der Waals surface area contributed by atoms with Crippen molar-refractivity contribution in [2.45, 2.75) is 19.3 Å². The van der Waals surface area contributed by atoms with Crippen molar-refractivity contribution < 1.29 is 32.4 Å². The second-order valence-corrected chi connectivity index (χ2v) is 7.45. The number of aryl methyl sites for hydroxylation is 1. The fraction of sp³-hybridized carbons (Fsp3) is 0.286. The van der Waals surface area contributed by atoms with E-state index in [4.69, 9.17) is 10.0 Å². The Kier molecular flexibility index (Phi) is 6.83. The van der Waals surface area contributed by atoms with Gasteiger partial charge in [-0.3, -0.25) is 9.69 Å². The second kappa shape index (κ2) is 9.21. The Labute approximate surface area is 177 Å². The van der Waals surface area contributed by atoms with Crippen molar-refractivity contribution in [3.63, 3.8) is 0 Å². The second-order valence-electron chi connectivity index (χ2n) is 7.45. The Morgan fingerprint density at radius 1 is 1.16 bits per heavy atom. The molecule has 31 heavy (non-hydrogen) atoms. The minimum absolute atomic E-state index is 0.0637. The molecule has 0 spiro atoms. The highest BCUT2D eigenvalue weighted by atomic mass is 19.3. The molecule has 10 heteroatoms. The number of halogens is 4. The van der Waals surface area contributed by atoms with Crippen LogP contribution in [0, 0.1) is 18.6 Å². The van der Waals surface area contributed by atoms with Crippen LogP contribution in [-0.4, -0.2) is 47.6 Å². The van der Waals surface area contributed by atoms with Crippen LogP contribution in [0.1, 0.15) is 27.9 Å². The lowest BCUT2D eigenvalue weighted by atomic mass is 9.76. The summed E-state index contributed by atoms with van der Waals surface area (Å²) >= 11 is 0. The minimum atomic E-state index is -3.59. The number of hydrogen-bond acceptors (Lipinski definition) is 4. The molecule has 0 bridgehead atoms. The first kappa shape index (κ1) is 23.0. The van der Waals surface area contributed by atoms with E-state index in [1.807, 2.05) is 0 Å². The van der Waals surface area contributed by atoms with E-state index in [0.29, 0.717) is 11.0 Å². The summed E-state index contributed by atoms with van der Waals surface area (Å²) in [4.78, 5) is 13.8. The molecule has 0 saturated carbocycles. The highest BCUT2D eigenvalue weighted by Crippen LogP contribution is 2.33. The molecule has 0 radical (unpaired) electrons.